The third-order valence-electron chi connectivity index (χ3n) is 2.88. The first-order valence-electron chi connectivity index (χ1n) is 6.76. The lowest BCUT2D eigenvalue weighted by molar-refractivity contribution is -0.385. The lowest BCUT2D eigenvalue weighted by Crippen LogP contribution is -2.23. The molecule has 1 atom stereocenters. The monoisotopic (exact) mass is 281 g/mol. The van der Waals surface area contributed by atoms with E-state index in [1.165, 1.54) is 6.07 Å². The van der Waals surface area contributed by atoms with Gasteiger partial charge in [0.15, 0.2) is 5.75 Å². The van der Waals surface area contributed by atoms with Gasteiger partial charge in [-0.3, -0.25) is 10.1 Å². The molecule has 0 aliphatic carbocycles. The van der Waals surface area contributed by atoms with Gasteiger partial charge in [0.1, 0.15) is 0 Å². The molecule has 1 aromatic rings. The van der Waals surface area contributed by atoms with Gasteiger partial charge < -0.3 is 15.0 Å². The van der Waals surface area contributed by atoms with Gasteiger partial charge in [-0.05, 0) is 47.0 Å². The molecular formula is C14H23N3O3. The van der Waals surface area contributed by atoms with Crippen LogP contribution in [0.15, 0.2) is 18.2 Å². The molecule has 0 saturated carbocycles. The molecule has 0 saturated heterocycles. The Bertz CT molecular complexity index is 449. The van der Waals surface area contributed by atoms with Crippen LogP contribution in [-0.2, 0) is 0 Å². The van der Waals surface area contributed by atoms with E-state index in [1.54, 1.807) is 12.1 Å². The Morgan fingerprint density at radius 2 is 2.15 bits per heavy atom. The molecular weight excluding hydrogens is 258 g/mol. The van der Waals surface area contributed by atoms with E-state index in [2.05, 4.69) is 17.1 Å². The molecule has 6 nitrogen and oxygen atoms in total. The second-order valence-electron chi connectivity index (χ2n) is 5.01. The average Bonchev–Trinajstić information content (AvgIpc) is 2.36. The summed E-state index contributed by atoms with van der Waals surface area (Å²) >= 11 is 0. The molecule has 20 heavy (non-hydrogen) atoms. The van der Waals surface area contributed by atoms with E-state index >= 15 is 0 Å². The Labute approximate surface area is 119 Å². The lowest BCUT2D eigenvalue weighted by atomic mass is 10.2. The Kier molecular flexibility index (Phi) is 6.24. The topological polar surface area (TPSA) is 67.6 Å². The molecule has 1 N–H and O–H groups in total. The molecule has 0 aromatic heterocycles. The van der Waals surface area contributed by atoms with E-state index in [-0.39, 0.29) is 11.7 Å². The van der Waals surface area contributed by atoms with E-state index in [0.717, 1.165) is 18.7 Å². The number of nitrogens with one attached hydrogen (secondary N) is 1. The summed E-state index contributed by atoms with van der Waals surface area (Å²) < 4.78 is 5.33. The summed E-state index contributed by atoms with van der Waals surface area (Å²) in [7, 11) is 4.07. The summed E-state index contributed by atoms with van der Waals surface area (Å²) in [5, 5.41) is 14.2. The van der Waals surface area contributed by atoms with Crippen molar-refractivity contribution in [3.05, 3.63) is 28.3 Å². The van der Waals surface area contributed by atoms with Crippen molar-refractivity contribution in [2.75, 3.05) is 32.6 Å². The minimum Gasteiger partial charge on any atom is -0.487 e. The van der Waals surface area contributed by atoms with Crippen molar-refractivity contribution in [2.24, 2.45) is 0 Å². The van der Waals surface area contributed by atoms with Crippen LogP contribution in [0.3, 0.4) is 0 Å². The van der Waals surface area contributed by atoms with Crippen LogP contribution in [0.25, 0.3) is 0 Å². The van der Waals surface area contributed by atoms with Crippen LogP contribution in [0, 0.1) is 10.1 Å². The van der Waals surface area contributed by atoms with Crippen LogP contribution < -0.4 is 10.1 Å². The molecule has 112 valence electrons. The van der Waals surface area contributed by atoms with E-state index in [1.807, 2.05) is 21.0 Å². The standard InChI is InChI=1S/C14H23N3O3/c1-5-20-14-10-12(6-7-13(14)17(18)19)15-11(2)8-9-16(3)4/h6-7,10-11,15H,5,8-9H2,1-4H3. The van der Waals surface area contributed by atoms with Crippen LogP contribution in [0.4, 0.5) is 11.4 Å². The van der Waals surface area contributed by atoms with Crippen LogP contribution in [-0.4, -0.2) is 43.1 Å². The average molecular weight is 281 g/mol. The van der Waals surface area contributed by atoms with Crippen LogP contribution in [0.2, 0.25) is 0 Å². The van der Waals surface area contributed by atoms with Crippen molar-refractivity contribution in [1.82, 2.24) is 4.90 Å². The summed E-state index contributed by atoms with van der Waals surface area (Å²) in [5.74, 6) is 0.308. The number of nitro groups is 1. The summed E-state index contributed by atoms with van der Waals surface area (Å²) in [6.45, 7) is 5.29. The normalized spacial score (nSPS) is 12.2. The highest BCUT2D eigenvalue weighted by atomic mass is 16.6. The molecule has 0 spiro atoms. The first-order valence-corrected chi connectivity index (χ1v) is 6.76. The second-order valence-corrected chi connectivity index (χ2v) is 5.01. The third kappa shape index (κ3) is 5.05. The van der Waals surface area contributed by atoms with Gasteiger partial charge >= 0.3 is 5.69 Å². The Hall–Kier alpha value is -1.82. The second kappa shape index (κ2) is 7.69. The van der Waals surface area contributed by atoms with Crippen LogP contribution in [0.5, 0.6) is 5.75 Å². The summed E-state index contributed by atoms with van der Waals surface area (Å²) in [5.41, 5.74) is 0.837. The maximum Gasteiger partial charge on any atom is 0.311 e. The Morgan fingerprint density at radius 3 is 2.70 bits per heavy atom. The number of hydrogen-bond donors (Lipinski definition) is 1. The Morgan fingerprint density at radius 1 is 1.45 bits per heavy atom. The molecule has 0 fully saturated rings. The number of nitro benzene ring substituents is 1. The number of rotatable bonds is 8. The summed E-state index contributed by atoms with van der Waals surface area (Å²) in [6.07, 6.45) is 0.994. The highest BCUT2D eigenvalue weighted by molar-refractivity contribution is 5.58. The number of hydrogen-bond acceptors (Lipinski definition) is 5. The van der Waals surface area contributed by atoms with Crippen molar-refractivity contribution in [1.29, 1.82) is 0 Å². The molecule has 0 heterocycles. The highest BCUT2D eigenvalue weighted by Crippen LogP contribution is 2.30. The fourth-order valence-corrected chi connectivity index (χ4v) is 1.83. The predicted molar refractivity (Wildman–Crippen MR) is 80.5 cm³/mol. The van der Waals surface area contributed by atoms with E-state index < -0.39 is 4.92 Å². The lowest BCUT2D eigenvalue weighted by Gasteiger charge is -2.18. The third-order valence-corrected chi connectivity index (χ3v) is 2.88. The zero-order valence-electron chi connectivity index (χ0n) is 12.5. The number of ether oxygens (including phenoxy) is 1. The quantitative estimate of drug-likeness (QED) is 0.586. The molecule has 0 radical (unpaired) electrons. The van der Waals surface area contributed by atoms with Crippen molar-refractivity contribution in [3.8, 4) is 5.75 Å². The molecule has 1 unspecified atom stereocenters. The zero-order chi connectivity index (χ0) is 15.1. The molecule has 0 bridgehead atoms. The number of nitrogens with zero attached hydrogens (tertiary/aromatic N) is 2. The van der Waals surface area contributed by atoms with Crippen molar-refractivity contribution in [3.63, 3.8) is 0 Å². The first kappa shape index (κ1) is 16.2. The minimum atomic E-state index is -0.426. The van der Waals surface area contributed by atoms with E-state index in [4.69, 9.17) is 4.74 Å². The number of anilines is 1. The van der Waals surface area contributed by atoms with Crippen LogP contribution >= 0.6 is 0 Å². The van der Waals surface area contributed by atoms with Gasteiger partial charge in [-0.1, -0.05) is 0 Å². The fourth-order valence-electron chi connectivity index (χ4n) is 1.83. The molecule has 0 aliphatic heterocycles. The van der Waals surface area contributed by atoms with Gasteiger partial charge in [-0.2, -0.15) is 0 Å². The predicted octanol–water partition coefficient (Wildman–Crippen LogP) is 2.75. The SMILES string of the molecule is CCOc1cc(NC(C)CCN(C)C)ccc1[N+](=O)[O-]. The smallest absolute Gasteiger partial charge is 0.311 e. The van der Waals surface area contributed by atoms with Gasteiger partial charge in [0.25, 0.3) is 0 Å². The molecule has 1 rings (SSSR count). The zero-order valence-corrected chi connectivity index (χ0v) is 12.5. The maximum absolute atomic E-state index is 10.9. The molecule has 1 aromatic carbocycles. The summed E-state index contributed by atoms with van der Waals surface area (Å²) in [4.78, 5) is 12.6. The largest absolute Gasteiger partial charge is 0.487 e. The van der Waals surface area contributed by atoms with Crippen molar-refractivity contribution < 1.29 is 9.66 Å². The number of benzene rings is 1. The van der Waals surface area contributed by atoms with Crippen molar-refractivity contribution >= 4 is 11.4 Å². The van der Waals surface area contributed by atoms with Gasteiger partial charge in [0, 0.05) is 23.9 Å². The van der Waals surface area contributed by atoms with Gasteiger partial charge in [-0.15, -0.1) is 0 Å². The minimum absolute atomic E-state index is 0.00153. The van der Waals surface area contributed by atoms with E-state index in [9.17, 15) is 10.1 Å². The summed E-state index contributed by atoms with van der Waals surface area (Å²) in [6, 6.07) is 5.17. The van der Waals surface area contributed by atoms with E-state index in [0.29, 0.717) is 12.4 Å². The van der Waals surface area contributed by atoms with Gasteiger partial charge in [-0.25, -0.2) is 0 Å². The molecule has 0 amide bonds. The van der Waals surface area contributed by atoms with Gasteiger partial charge in [0.05, 0.1) is 11.5 Å². The molecule has 6 heteroatoms. The van der Waals surface area contributed by atoms with Crippen LogP contribution in [0.1, 0.15) is 20.3 Å². The molecule has 0 aliphatic rings. The maximum atomic E-state index is 10.9. The fraction of sp³-hybridized carbons (Fsp3) is 0.571. The highest BCUT2D eigenvalue weighted by Gasteiger charge is 2.15. The van der Waals surface area contributed by atoms with Gasteiger partial charge in [0.2, 0.25) is 0 Å². The Balaban J connectivity index is 2.76. The van der Waals surface area contributed by atoms with Crippen molar-refractivity contribution in [2.45, 2.75) is 26.3 Å². The first-order chi connectivity index (χ1) is 9.43.